The van der Waals surface area contributed by atoms with Crippen LogP contribution in [0.25, 0.3) is 0 Å². The largest absolute Gasteiger partial charge is 0.298 e. The lowest BCUT2D eigenvalue weighted by Gasteiger charge is -2.11. The van der Waals surface area contributed by atoms with E-state index >= 15 is 0 Å². The summed E-state index contributed by atoms with van der Waals surface area (Å²) < 4.78 is 13.6. The molecule has 0 bridgehead atoms. The van der Waals surface area contributed by atoms with Crippen LogP contribution in [0.2, 0.25) is 5.02 Å². The van der Waals surface area contributed by atoms with Gasteiger partial charge in [0.2, 0.25) is 0 Å². The first-order valence-corrected chi connectivity index (χ1v) is 5.85. The summed E-state index contributed by atoms with van der Waals surface area (Å²) >= 11 is 5.84. The van der Waals surface area contributed by atoms with Gasteiger partial charge in [0, 0.05) is 17.0 Å². The maximum atomic E-state index is 13.6. The van der Waals surface area contributed by atoms with E-state index in [4.69, 9.17) is 16.9 Å². The van der Waals surface area contributed by atoms with Gasteiger partial charge in [-0.2, -0.15) is 5.26 Å². The van der Waals surface area contributed by atoms with E-state index in [0.717, 1.165) is 6.42 Å². The number of rotatable bonds is 5. The molecule has 0 saturated carbocycles. The molecule has 0 aromatic heterocycles. The molecule has 0 heterocycles. The van der Waals surface area contributed by atoms with Crippen LogP contribution in [0.4, 0.5) is 4.39 Å². The third-order valence-corrected chi connectivity index (χ3v) is 2.85. The van der Waals surface area contributed by atoms with Gasteiger partial charge in [0.05, 0.1) is 6.07 Å². The second-order valence-corrected chi connectivity index (χ2v) is 4.17. The zero-order valence-corrected chi connectivity index (χ0v) is 10.3. The molecule has 0 fully saturated rings. The number of hydrogen-bond donors (Lipinski definition) is 0. The van der Waals surface area contributed by atoms with Gasteiger partial charge < -0.3 is 0 Å². The van der Waals surface area contributed by atoms with Crippen LogP contribution in [0.5, 0.6) is 0 Å². The Bertz CT molecular complexity index is 433. The Labute approximate surface area is 105 Å². The van der Waals surface area contributed by atoms with E-state index in [-0.39, 0.29) is 22.8 Å². The second kappa shape index (κ2) is 6.36. The summed E-state index contributed by atoms with van der Waals surface area (Å²) in [5, 5.41) is 9.13. The van der Waals surface area contributed by atoms with Gasteiger partial charge in [-0.3, -0.25) is 4.79 Å². The lowest BCUT2D eigenvalue weighted by Crippen LogP contribution is -2.12. The number of benzene rings is 1. The van der Waals surface area contributed by atoms with Crippen molar-refractivity contribution in [1.82, 2.24) is 0 Å². The quantitative estimate of drug-likeness (QED) is 0.800. The van der Waals surface area contributed by atoms with Gasteiger partial charge in [-0.25, -0.2) is 4.39 Å². The Morgan fingerprint density at radius 2 is 2.29 bits per heavy atom. The van der Waals surface area contributed by atoms with Gasteiger partial charge >= 0.3 is 0 Å². The van der Waals surface area contributed by atoms with Gasteiger partial charge in [0.1, 0.15) is 11.7 Å². The number of carbonyl (C=O) groups is 1. The van der Waals surface area contributed by atoms with E-state index in [2.05, 4.69) is 0 Å². The minimum absolute atomic E-state index is 0.00207. The van der Waals surface area contributed by atoms with Crippen molar-refractivity contribution in [2.45, 2.75) is 32.1 Å². The number of hydrogen-bond acceptors (Lipinski definition) is 2. The normalized spacial score (nSPS) is 11.9. The maximum absolute atomic E-state index is 13.6. The van der Waals surface area contributed by atoms with Crippen molar-refractivity contribution in [2.24, 2.45) is 0 Å². The van der Waals surface area contributed by atoms with Crippen LogP contribution in [-0.2, 0) is 4.79 Å². The standard InChI is InChI=1S/C13H13ClFNO/c1-2-3-7-12(17)9(8-16)13-10(14)5-4-6-11(13)15/h4-6,9H,2-3,7H2,1H3. The molecule has 0 spiro atoms. The van der Waals surface area contributed by atoms with Crippen LogP contribution in [0.1, 0.15) is 37.7 Å². The molecule has 0 amide bonds. The highest BCUT2D eigenvalue weighted by Gasteiger charge is 2.25. The van der Waals surface area contributed by atoms with Crippen LogP contribution in [0.15, 0.2) is 18.2 Å². The average molecular weight is 254 g/mol. The second-order valence-electron chi connectivity index (χ2n) is 3.77. The first kappa shape index (κ1) is 13.7. The van der Waals surface area contributed by atoms with Crippen LogP contribution < -0.4 is 0 Å². The van der Waals surface area contributed by atoms with Crippen LogP contribution >= 0.6 is 11.6 Å². The lowest BCUT2D eigenvalue weighted by atomic mass is 9.93. The number of unbranched alkanes of at least 4 members (excludes halogenated alkanes) is 1. The van der Waals surface area contributed by atoms with E-state index < -0.39 is 11.7 Å². The summed E-state index contributed by atoms with van der Waals surface area (Å²) in [6.45, 7) is 1.95. The summed E-state index contributed by atoms with van der Waals surface area (Å²) in [5.41, 5.74) is -0.00207. The number of nitriles is 1. The first-order chi connectivity index (χ1) is 8.11. The molecule has 0 radical (unpaired) electrons. The van der Waals surface area contributed by atoms with Gasteiger partial charge in [0.25, 0.3) is 0 Å². The third-order valence-electron chi connectivity index (χ3n) is 2.52. The molecule has 90 valence electrons. The van der Waals surface area contributed by atoms with Crippen LogP contribution in [0, 0.1) is 17.1 Å². The van der Waals surface area contributed by atoms with Crippen LogP contribution in [-0.4, -0.2) is 5.78 Å². The summed E-state index contributed by atoms with van der Waals surface area (Å²) in [4.78, 5) is 11.8. The first-order valence-electron chi connectivity index (χ1n) is 5.48. The Kier molecular flexibility index (Phi) is 5.11. The van der Waals surface area contributed by atoms with Crippen molar-refractivity contribution in [3.8, 4) is 6.07 Å². The van der Waals surface area contributed by atoms with Crippen molar-refractivity contribution in [1.29, 1.82) is 5.26 Å². The topological polar surface area (TPSA) is 40.9 Å². The molecule has 1 unspecified atom stereocenters. The highest BCUT2D eigenvalue weighted by Crippen LogP contribution is 2.28. The maximum Gasteiger partial charge on any atom is 0.154 e. The molecule has 17 heavy (non-hydrogen) atoms. The van der Waals surface area contributed by atoms with Crippen molar-refractivity contribution in [2.75, 3.05) is 0 Å². The van der Waals surface area contributed by atoms with Gasteiger partial charge in [-0.1, -0.05) is 31.0 Å². The minimum atomic E-state index is -1.10. The van der Waals surface area contributed by atoms with Crippen molar-refractivity contribution in [3.63, 3.8) is 0 Å². The zero-order chi connectivity index (χ0) is 12.8. The molecule has 1 rings (SSSR count). The molecule has 0 aliphatic carbocycles. The molecule has 1 atom stereocenters. The van der Waals surface area contributed by atoms with Crippen molar-refractivity contribution in [3.05, 3.63) is 34.6 Å². The Balaban J connectivity index is 3.03. The van der Waals surface area contributed by atoms with Crippen molar-refractivity contribution < 1.29 is 9.18 Å². The number of carbonyl (C=O) groups excluding carboxylic acids is 1. The van der Waals surface area contributed by atoms with Crippen molar-refractivity contribution >= 4 is 17.4 Å². The summed E-state index contributed by atoms with van der Waals surface area (Å²) in [6, 6.07) is 5.98. The van der Waals surface area contributed by atoms with Gasteiger partial charge in [-0.05, 0) is 18.6 Å². The predicted molar refractivity (Wildman–Crippen MR) is 64.3 cm³/mol. The Morgan fingerprint density at radius 3 is 2.82 bits per heavy atom. The fourth-order valence-corrected chi connectivity index (χ4v) is 1.85. The molecular weight excluding hydrogens is 241 g/mol. The minimum Gasteiger partial charge on any atom is -0.298 e. The van der Waals surface area contributed by atoms with E-state index in [1.54, 1.807) is 0 Å². The molecule has 1 aromatic carbocycles. The average Bonchev–Trinajstić information content (AvgIpc) is 2.31. The SMILES string of the molecule is CCCCC(=O)C(C#N)c1c(F)cccc1Cl. The summed E-state index contributed by atoms with van der Waals surface area (Å²) in [5.74, 6) is -1.98. The van der Waals surface area contributed by atoms with E-state index in [1.165, 1.54) is 18.2 Å². The molecule has 0 saturated heterocycles. The number of nitrogens with zero attached hydrogens (tertiary/aromatic N) is 1. The number of halogens is 2. The molecule has 1 aromatic rings. The highest BCUT2D eigenvalue weighted by molar-refractivity contribution is 6.31. The van der Waals surface area contributed by atoms with Gasteiger partial charge in [-0.15, -0.1) is 0 Å². The van der Waals surface area contributed by atoms with E-state index in [9.17, 15) is 9.18 Å². The summed E-state index contributed by atoms with van der Waals surface area (Å²) in [7, 11) is 0. The lowest BCUT2D eigenvalue weighted by molar-refractivity contribution is -0.119. The number of ketones is 1. The fraction of sp³-hybridized carbons (Fsp3) is 0.385. The predicted octanol–water partition coefficient (Wildman–Crippen LogP) is 3.85. The van der Waals surface area contributed by atoms with Gasteiger partial charge in [0.15, 0.2) is 5.78 Å². The molecule has 4 heteroatoms. The fourth-order valence-electron chi connectivity index (χ4n) is 1.58. The molecular formula is C13H13ClFNO. The van der Waals surface area contributed by atoms with E-state index in [0.29, 0.717) is 6.42 Å². The monoisotopic (exact) mass is 253 g/mol. The highest BCUT2D eigenvalue weighted by atomic mass is 35.5. The van der Waals surface area contributed by atoms with Crippen LogP contribution in [0.3, 0.4) is 0 Å². The number of Topliss-reactive ketones (excluding diaryl/α,β-unsaturated/α-hetero) is 1. The summed E-state index contributed by atoms with van der Waals surface area (Å²) in [6.07, 6.45) is 1.83. The Hall–Kier alpha value is -1.40. The zero-order valence-electron chi connectivity index (χ0n) is 9.54. The third kappa shape index (κ3) is 3.28. The molecule has 0 aliphatic heterocycles. The molecule has 0 N–H and O–H groups in total. The molecule has 0 aliphatic rings. The smallest absolute Gasteiger partial charge is 0.154 e. The molecule has 2 nitrogen and oxygen atoms in total. The Morgan fingerprint density at radius 1 is 1.59 bits per heavy atom. The van der Waals surface area contributed by atoms with E-state index in [1.807, 2.05) is 13.0 Å².